The first-order valence-electron chi connectivity index (χ1n) is 12.1. The molecule has 3 atom stereocenters. The van der Waals surface area contributed by atoms with Gasteiger partial charge >= 0.3 is 0 Å². The van der Waals surface area contributed by atoms with Crippen molar-refractivity contribution in [2.75, 3.05) is 0 Å². The maximum absolute atomic E-state index is 14.9. The smallest absolute Gasteiger partial charge is 0.205 e. The van der Waals surface area contributed by atoms with Crippen molar-refractivity contribution in [3.63, 3.8) is 0 Å². The van der Waals surface area contributed by atoms with Crippen LogP contribution in [-0.4, -0.2) is 4.98 Å². The van der Waals surface area contributed by atoms with Crippen LogP contribution in [0.4, 0.5) is 4.39 Å². The predicted octanol–water partition coefficient (Wildman–Crippen LogP) is 6.88. The number of fused-ring (bicyclic) bond motifs is 2. The SMILES string of the molecule is CCCCC1(C)CCc2c(F)c[n+](CCCC(C)C3(C)CCc4cc(Cl)ncc43)cc21. The number of unbranched alkanes of at least 4 members (excludes halogenated alkanes) is 1. The maximum Gasteiger partial charge on any atom is 0.205 e. The molecule has 0 N–H and O–H groups in total. The van der Waals surface area contributed by atoms with Crippen LogP contribution >= 0.6 is 11.6 Å². The molecule has 2 aromatic heterocycles. The van der Waals surface area contributed by atoms with Gasteiger partial charge in [-0.1, -0.05) is 52.1 Å². The van der Waals surface area contributed by atoms with Crippen LogP contribution in [0.5, 0.6) is 0 Å². The molecule has 3 unspecified atom stereocenters. The van der Waals surface area contributed by atoms with E-state index in [1.165, 1.54) is 29.5 Å². The van der Waals surface area contributed by atoms with E-state index in [9.17, 15) is 4.39 Å². The summed E-state index contributed by atoms with van der Waals surface area (Å²) in [7, 11) is 0. The van der Waals surface area contributed by atoms with E-state index in [1.807, 2.05) is 12.3 Å². The second-order valence-corrected chi connectivity index (χ2v) is 10.9. The molecule has 168 valence electrons. The molecule has 2 aliphatic carbocycles. The van der Waals surface area contributed by atoms with Gasteiger partial charge in [-0.15, -0.1) is 0 Å². The Morgan fingerprint density at radius 1 is 1.16 bits per heavy atom. The third kappa shape index (κ3) is 4.27. The lowest BCUT2D eigenvalue weighted by Gasteiger charge is -2.32. The molecule has 4 rings (SSSR count). The van der Waals surface area contributed by atoms with Gasteiger partial charge in [0.2, 0.25) is 6.20 Å². The van der Waals surface area contributed by atoms with Crippen LogP contribution in [0, 0.1) is 11.7 Å². The Morgan fingerprint density at radius 3 is 2.74 bits per heavy atom. The average Bonchev–Trinajstić information content (AvgIpc) is 3.25. The topological polar surface area (TPSA) is 16.8 Å². The predicted molar refractivity (Wildman–Crippen MR) is 125 cm³/mol. The molecule has 2 aromatic rings. The Balaban J connectivity index is 1.43. The lowest BCUT2D eigenvalue weighted by molar-refractivity contribution is -0.699. The molecular weight excluding hydrogens is 407 g/mol. The Hall–Kier alpha value is -1.48. The summed E-state index contributed by atoms with van der Waals surface area (Å²) in [5.41, 5.74) is 5.23. The van der Waals surface area contributed by atoms with Crippen LogP contribution in [0.15, 0.2) is 24.7 Å². The molecule has 0 radical (unpaired) electrons. The summed E-state index contributed by atoms with van der Waals surface area (Å²) in [5.74, 6) is 0.539. The van der Waals surface area contributed by atoms with Gasteiger partial charge in [0.25, 0.3) is 0 Å². The zero-order valence-electron chi connectivity index (χ0n) is 19.6. The van der Waals surface area contributed by atoms with E-state index in [0.29, 0.717) is 11.1 Å². The fourth-order valence-electron chi connectivity index (χ4n) is 6.03. The fourth-order valence-corrected chi connectivity index (χ4v) is 6.21. The minimum atomic E-state index is -0.00888. The van der Waals surface area contributed by atoms with Gasteiger partial charge in [-0.25, -0.2) is 13.9 Å². The number of aromatic nitrogens is 2. The van der Waals surface area contributed by atoms with Crippen molar-refractivity contribution in [2.24, 2.45) is 5.92 Å². The van der Waals surface area contributed by atoms with Crippen LogP contribution in [-0.2, 0) is 30.2 Å². The molecule has 0 saturated carbocycles. The molecule has 2 heterocycles. The van der Waals surface area contributed by atoms with Gasteiger partial charge in [0.1, 0.15) is 11.7 Å². The van der Waals surface area contributed by atoms with E-state index in [1.54, 1.807) is 6.20 Å². The number of hydrogen-bond acceptors (Lipinski definition) is 1. The molecule has 0 saturated heterocycles. The zero-order valence-corrected chi connectivity index (χ0v) is 20.4. The van der Waals surface area contributed by atoms with Crippen LogP contribution in [0.2, 0.25) is 5.15 Å². The maximum atomic E-state index is 14.9. The summed E-state index contributed by atoms with van der Waals surface area (Å²) in [6.07, 6.45) is 15.9. The van der Waals surface area contributed by atoms with Crippen molar-refractivity contribution in [3.05, 3.63) is 57.9 Å². The minimum Gasteiger partial charge on any atom is -0.244 e. The fraction of sp³-hybridized carbons (Fsp3) is 0.630. The van der Waals surface area contributed by atoms with Crippen LogP contribution in [0.3, 0.4) is 0 Å². The van der Waals surface area contributed by atoms with E-state index in [2.05, 4.69) is 43.4 Å². The standard InChI is InChI=1S/C27H37ClFN2/c1-5-6-11-26(3)12-10-21-23(26)17-31(18-24(21)29)14-7-8-19(2)27(4)13-9-20-15-25(28)30-16-22(20)27/h15-19H,5-14H2,1-4H3/q+1. The van der Waals surface area contributed by atoms with Crippen LogP contribution in [0.1, 0.15) is 94.9 Å². The van der Waals surface area contributed by atoms with Gasteiger partial charge in [0, 0.05) is 23.7 Å². The number of rotatable bonds is 8. The second kappa shape index (κ2) is 8.81. The summed E-state index contributed by atoms with van der Waals surface area (Å²) >= 11 is 6.10. The summed E-state index contributed by atoms with van der Waals surface area (Å²) in [4.78, 5) is 4.35. The highest BCUT2D eigenvalue weighted by Gasteiger charge is 2.40. The number of hydrogen-bond donors (Lipinski definition) is 0. The van der Waals surface area contributed by atoms with E-state index in [4.69, 9.17) is 11.6 Å². The Bertz CT molecular complexity index is 958. The summed E-state index contributed by atoms with van der Waals surface area (Å²) in [6, 6.07) is 2.04. The molecule has 0 bridgehead atoms. The van der Waals surface area contributed by atoms with Crippen molar-refractivity contribution < 1.29 is 8.96 Å². The highest BCUT2D eigenvalue weighted by atomic mass is 35.5. The quantitative estimate of drug-likeness (QED) is 0.321. The van der Waals surface area contributed by atoms with Crippen molar-refractivity contribution >= 4 is 11.6 Å². The van der Waals surface area contributed by atoms with Crippen molar-refractivity contribution in [2.45, 2.75) is 103 Å². The third-order valence-electron chi connectivity index (χ3n) is 8.47. The monoisotopic (exact) mass is 443 g/mol. The Kier molecular flexibility index (Phi) is 6.45. The van der Waals surface area contributed by atoms with Gasteiger partial charge < -0.3 is 0 Å². The molecule has 0 amide bonds. The number of nitrogens with zero attached hydrogens (tertiary/aromatic N) is 2. The first kappa shape index (κ1) is 22.7. The number of aryl methyl sites for hydroxylation is 2. The number of halogens is 2. The highest BCUT2D eigenvalue weighted by Crippen LogP contribution is 2.46. The lowest BCUT2D eigenvalue weighted by Crippen LogP contribution is -2.37. The van der Waals surface area contributed by atoms with Crippen LogP contribution < -0.4 is 4.57 Å². The van der Waals surface area contributed by atoms with E-state index in [-0.39, 0.29) is 16.6 Å². The normalized spacial score (nSPS) is 25.5. The summed E-state index contributed by atoms with van der Waals surface area (Å²) in [5, 5.41) is 0.594. The Labute approximate surface area is 192 Å². The molecule has 0 fully saturated rings. The third-order valence-corrected chi connectivity index (χ3v) is 8.68. The largest absolute Gasteiger partial charge is 0.244 e. The second-order valence-electron chi connectivity index (χ2n) is 10.5. The minimum absolute atomic E-state index is 0.00888. The van der Waals surface area contributed by atoms with E-state index < -0.39 is 0 Å². The summed E-state index contributed by atoms with van der Waals surface area (Å²) < 4.78 is 17.0. The van der Waals surface area contributed by atoms with Gasteiger partial charge in [-0.05, 0) is 72.5 Å². The molecular formula is C27H37ClFN2+. The number of pyridine rings is 2. The first-order chi connectivity index (χ1) is 14.8. The van der Waals surface area contributed by atoms with Gasteiger partial charge in [0.15, 0.2) is 12.0 Å². The zero-order chi connectivity index (χ0) is 22.2. The highest BCUT2D eigenvalue weighted by molar-refractivity contribution is 6.29. The molecule has 2 aliphatic rings. The molecule has 31 heavy (non-hydrogen) atoms. The van der Waals surface area contributed by atoms with Crippen molar-refractivity contribution in [1.29, 1.82) is 0 Å². The lowest BCUT2D eigenvalue weighted by atomic mass is 9.72. The molecule has 0 aliphatic heterocycles. The first-order valence-corrected chi connectivity index (χ1v) is 12.5. The van der Waals surface area contributed by atoms with E-state index in [0.717, 1.165) is 57.1 Å². The Morgan fingerprint density at radius 2 is 1.97 bits per heavy atom. The average molecular weight is 444 g/mol. The summed E-state index contributed by atoms with van der Waals surface area (Å²) in [6.45, 7) is 10.2. The van der Waals surface area contributed by atoms with E-state index >= 15 is 0 Å². The van der Waals surface area contributed by atoms with Crippen molar-refractivity contribution in [3.8, 4) is 0 Å². The van der Waals surface area contributed by atoms with Gasteiger partial charge in [-0.2, -0.15) is 0 Å². The molecule has 0 aromatic carbocycles. The molecule has 2 nitrogen and oxygen atoms in total. The molecule has 4 heteroatoms. The molecule has 0 spiro atoms. The van der Waals surface area contributed by atoms with Crippen LogP contribution in [0.25, 0.3) is 0 Å². The van der Waals surface area contributed by atoms with Gasteiger partial charge in [0.05, 0.1) is 0 Å². The van der Waals surface area contributed by atoms with Gasteiger partial charge in [-0.3, -0.25) is 0 Å². The van der Waals surface area contributed by atoms with Crippen molar-refractivity contribution in [1.82, 2.24) is 4.98 Å².